The molecular weight excluding hydrogens is 701 g/mol. The third-order valence-corrected chi connectivity index (χ3v) is 7.46. The fourth-order valence-corrected chi connectivity index (χ4v) is 4.99. The van der Waals surface area contributed by atoms with Gasteiger partial charge in [-0.3, -0.25) is 0 Å². The normalized spacial score (nSPS) is 11.4. The van der Waals surface area contributed by atoms with E-state index in [9.17, 15) is 0 Å². The molecule has 217 valence electrons. The van der Waals surface area contributed by atoms with Crippen molar-refractivity contribution in [1.82, 2.24) is 9.97 Å². The van der Waals surface area contributed by atoms with Crippen molar-refractivity contribution in [1.29, 1.82) is 0 Å². The van der Waals surface area contributed by atoms with E-state index >= 15 is 0 Å². The zero-order valence-corrected chi connectivity index (χ0v) is 27.4. The molecule has 0 aliphatic rings. The van der Waals surface area contributed by atoms with Crippen molar-refractivity contribution in [2.75, 3.05) is 0 Å². The van der Waals surface area contributed by atoms with Gasteiger partial charge in [-0.1, -0.05) is 112 Å². The van der Waals surface area contributed by atoms with Gasteiger partial charge >= 0.3 is 0 Å². The SMILES string of the molecule is CC(C)(c1ccccc1)c1cccnc1-c1[c-]cccc1.[2H]C(C)(C)c1ccnc(-c2[c-]ccc(-c3ccccc3)c2)c1.[Ir]. The predicted molar refractivity (Wildman–Crippen MR) is 175 cm³/mol. The van der Waals surface area contributed by atoms with Gasteiger partial charge in [0, 0.05) is 39.3 Å². The summed E-state index contributed by atoms with van der Waals surface area (Å²) >= 11 is 0. The van der Waals surface area contributed by atoms with Crippen LogP contribution in [0.1, 0.15) is 51.7 Å². The maximum atomic E-state index is 8.17. The first-order valence-corrected chi connectivity index (χ1v) is 14.3. The first-order valence-electron chi connectivity index (χ1n) is 14.8. The molecule has 0 N–H and O–H groups in total. The molecule has 6 rings (SSSR count). The number of rotatable bonds is 6. The molecule has 0 unspecified atom stereocenters. The quantitative estimate of drug-likeness (QED) is 0.159. The van der Waals surface area contributed by atoms with Gasteiger partial charge in [-0.15, -0.1) is 71.3 Å². The van der Waals surface area contributed by atoms with E-state index in [2.05, 4.69) is 103 Å². The number of pyridine rings is 2. The Morgan fingerprint density at radius 3 is 2.05 bits per heavy atom. The second-order valence-electron chi connectivity index (χ2n) is 11.0. The molecule has 2 nitrogen and oxygen atoms in total. The summed E-state index contributed by atoms with van der Waals surface area (Å²) in [5, 5.41) is 0. The van der Waals surface area contributed by atoms with E-state index in [4.69, 9.17) is 1.37 Å². The van der Waals surface area contributed by atoms with Crippen LogP contribution in [0, 0.1) is 12.1 Å². The fraction of sp³-hybridized carbons (Fsp3) is 0.150. The van der Waals surface area contributed by atoms with E-state index < -0.39 is 5.89 Å². The molecule has 3 heteroatoms. The molecule has 0 saturated heterocycles. The maximum Gasteiger partial charge on any atom is 0.0346 e. The van der Waals surface area contributed by atoms with Gasteiger partial charge in [0.05, 0.1) is 0 Å². The molecule has 0 aliphatic heterocycles. The monoisotopic (exact) mass is 738 g/mol. The van der Waals surface area contributed by atoms with Crippen LogP contribution in [0.4, 0.5) is 0 Å². The molecule has 0 aliphatic carbocycles. The molecule has 6 aromatic rings. The summed E-state index contributed by atoms with van der Waals surface area (Å²) in [6, 6.07) is 49.5. The van der Waals surface area contributed by atoms with Gasteiger partial charge < -0.3 is 9.97 Å². The topological polar surface area (TPSA) is 25.8 Å². The molecule has 0 fully saturated rings. The smallest absolute Gasteiger partial charge is 0.0346 e. The summed E-state index contributed by atoms with van der Waals surface area (Å²) in [5.41, 5.74) is 9.53. The van der Waals surface area contributed by atoms with E-state index in [0.717, 1.165) is 33.6 Å². The van der Waals surface area contributed by atoms with Crippen LogP contribution in [-0.2, 0) is 25.5 Å². The third-order valence-electron chi connectivity index (χ3n) is 7.46. The minimum absolute atomic E-state index is 0. The molecule has 4 aromatic carbocycles. The van der Waals surface area contributed by atoms with E-state index in [0.29, 0.717) is 0 Å². The molecule has 0 amide bonds. The van der Waals surface area contributed by atoms with Crippen molar-refractivity contribution in [3.8, 4) is 33.6 Å². The van der Waals surface area contributed by atoms with Crippen LogP contribution < -0.4 is 0 Å². The summed E-state index contributed by atoms with van der Waals surface area (Å²) in [5.74, 6) is -0.630. The largest absolute Gasteiger partial charge is 0.305 e. The second kappa shape index (κ2) is 14.8. The van der Waals surface area contributed by atoms with Gasteiger partial charge in [0.1, 0.15) is 0 Å². The molecule has 2 aromatic heterocycles. The number of hydrogen-bond donors (Lipinski definition) is 0. The third kappa shape index (κ3) is 7.82. The number of nitrogens with zero attached hydrogens (tertiary/aromatic N) is 2. The molecule has 0 spiro atoms. The molecule has 43 heavy (non-hydrogen) atoms. The molecule has 0 bridgehead atoms. The van der Waals surface area contributed by atoms with Gasteiger partial charge in [0.15, 0.2) is 0 Å². The number of benzene rings is 4. The fourth-order valence-electron chi connectivity index (χ4n) is 4.99. The predicted octanol–water partition coefficient (Wildman–Crippen LogP) is 10.2. The molecule has 1 radical (unpaired) electrons. The molecule has 2 heterocycles. The number of aromatic nitrogens is 2. The van der Waals surface area contributed by atoms with Crippen LogP contribution in [0.3, 0.4) is 0 Å². The van der Waals surface area contributed by atoms with Crippen LogP contribution in [0.15, 0.2) is 140 Å². The van der Waals surface area contributed by atoms with Gasteiger partial charge in [-0.2, -0.15) is 0 Å². The Morgan fingerprint density at radius 1 is 0.651 bits per heavy atom. The van der Waals surface area contributed by atoms with Gasteiger partial charge in [-0.25, -0.2) is 0 Å². The Bertz CT molecular complexity index is 1760. The summed E-state index contributed by atoms with van der Waals surface area (Å²) in [6.07, 6.45) is 3.62. The Labute approximate surface area is 271 Å². The van der Waals surface area contributed by atoms with Crippen molar-refractivity contribution in [2.24, 2.45) is 0 Å². The van der Waals surface area contributed by atoms with E-state index in [1.807, 2.05) is 80.7 Å². The van der Waals surface area contributed by atoms with Crippen LogP contribution in [0.25, 0.3) is 33.6 Å². The van der Waals surface area contributed by atoms with E-state index in [1.54, 1.807) is 6.20 Å². The summed E-state index contributed by atoms with van der Waals surface area (Å²) < 4.78 is 8.17. The summed E-state index contributed by atoms with van der Waals surface area (Å²) in [6.45, 7) is 8.25. The average molecular weight is 738 g/mol. The standard InChI is InChI=1S/2C20H18N.Ir/c1-20(2,17-12-7-4-8-13-17)18-14-9-15-21-19(18)16-10-5-3-6-11-16;1-15(2)17-11-12-21-20(14-17)19-10-6-9-18(13-19)16-7-4-3-5-8-16;/h3-10,12-15H,1-2H3;3-9,11-15H,1-2H3;/q2*-1;/i;15D;. The zero-order valence-electron chi connectivity index (χ0n) is 26.0. The second-order valence-corrected chi connectivity index (χ2v) is 11.0. The molecular formula is C40H36IrN2-2. The first-order chi connectivity index (χ1) is 20.7. The first kappa shape index (κ1) is 30.3. The van der Waals surface area contributed by atoms with Crippen LogP contribution in [0.5, 0.6) is 0 Å². The average Bonchev–Trinajstić information content (AvgIpc) is 3.06. The molecule has 0 saturated carbocycles. The van der Waals surface area contributed by atoms with Crippen LogP contribution in [0.2, 0.25) is 0 Å². The van der Waals surface area contributed by atoms with E-state index in [-0.39, 0.29) is 25.5 Å². The Hall–Kier alpha value is -4.17. The van der Waals surface area contributed by atoms with Crippen LogP contribution >= 0.6 is 0 Å². The van der Waals surface area contributed by atoms with Crippen molar-refractivity contribution in [2.45, 2.75) is 39.0 Å². The van der Waals surface area contributed by atoms with Crippen molar-refractivity contribution in [3.05, 3.63) is 169 Å². The van der Waals surface area contributed by atoms with Crippen molar-refractivity contribution < 1.29 is 21.5 Å². The van der Waals surface area contributed by atoms with Gasteiger partial charge in [0.25, 0.3) is 0 Å². The molecule has 0 atom stereocenters. The summed E-state index contributed by atoms with van der Waals surface area (Å²) in [7, 11) is 0. The Balaban J connectivity index is 0.000000197. The Kier molecular flexibility index (Phi) is 10.4. The Morgan fingerprint density at radius 2 is 1.35 bits per heavy atom. The minimum atomic E-state index is -0.630. The number of hydrogen-bond acceptors (Lipinski definition) is 2. The van der Waals surface area contributed by atoms with Gasteiger partial charge in [-0.05, 0) is 40.5 Å². The van der Waals surface area contributed by atoms with Crippen LogP contribution in [-0.4, -0.2) is 9.97 Å². The maximum absolute atomic E-state index is 8.17. The van der Waals surface area contributed by atoms with Crippen molar-refractivity contribution >= 4 is 0 Å². The van der Waals surface area contributed by atoms with E-state index in [1.165, 1.54) is 16.7 Å². The minimum Gasteiger partial charge on any atom is -0.305 e. The van der Waals surface area contributed by atoms with Gasteiger partial charge in [0.2, 0.25) is 0 Å². The van der Waals surface area contributed by atoms with Crippen molar-refractivity contribution in [3.63, 3.8) is 0 Å². The summed E-state index contributed by atoms with van der Waals surface area (Å²) in [4.78, 5) is 9.05. The zero-order chi connectivity index (χ0) is 30.3.